The van der Waals surface area contributed by atoms with Crippen LogP contribution in [0.15, 0.2) is 72.1 Å². The predicted molar refractivity (Wildman–Crippen MR) is 101 cm³/mol. The second kappa shape index (κ2) is 7.90. The van der Waals surface area contributed by atoms with Crippen LogP contribution in [0.25, 0.3) is 5.69 Å². The largest absolute Gasteiger partial charge is 0.423 e. The molecule has 0 spiro atoms. The molecule has 0 atom stereocenters. The van der Waals surface area contributed by atoms with Crippen LogP contribution in [0, 0.1) is 0 Å². The Morgan fingerprint density at radius 2 is 1.77 bits per heavy atom. The number of hydrogen-bond acceptors (Lipinski definition) is 6. The number of aromatic nitrogens is 4. The molecule has 0 unspecified atom stereocenters. The first-order chi connectivity index (χ1) is 12.9. The van der Waals surface area contributed by atoms with Gasteiger partial charge in [-0.05, 0) is 51.7 Å². The number of nitrogens with one attached hydrogen (secondary N) is 1. The van der Waals surface area contributed by atoms with Gasteiger partial charge in [-0.25, -0.2) is 0 Å². The smallest absolute Gasteiger partial charge is 0.345 e. The van der Waals surface area contributed by atoms with Crippen LogP contribution in [0.3, 0.4) is 0 Å². The van der Waals surface area contributed by atoms with Crippen LogP contribution in [0.5, 0.6) is 11.8 Å². The molecule has 0 radical (unpaired) electrons. The lowest BCUT2D eigenvalue weighted by Crippen LogP contribution is -2.11. The SMILES string of the molecule is c1ccc(-n2nnnc2Oc2ccc(CNCc3cccs3)cc2)cc1. The summed E-state index contributed by atoms with van der Waals surface area (Å²) in [6, 6.07) is 22.1. The minimum absolute atomic E-state index is 0.333. The molecule has 4 aromatic rings. The lowest BCUT2D eigenvalue weighted by Gasteiger charge is -2.07. The Morgan fingerprint density at radius 3 is 2.54 bits per heavy atom. The number of thiophene rings is 1. The standard InChI is InChI=1S/C19H17N5OS/c1-2-5-16(6-3-1)24-19(21-22-23-24)25-17-10-8-15(9-11-17)13-20-14-18-7-4-12-26-18/h1-12,20H,13-14H2. The average Bonchev–Trinajstić information content (AvgIpc) is 3.36. The number of tetrazole rings is 1. The summed E-state index contributed by atoms with van der Waals surface area (Å²) in [4.78, 5) is 1.33. The van der Waals surface area contributed by atoms with Crippen molar-refractivity contribution in [3.05, 3.63) is 82.6 Å². The Balaban J connectivity index is 1.38. The van der Waals surface area contributed by atoms with Gasteiger partial charge >= 0.3 is 6.01 Å². The van der Waals surface area contributed by atoms with Crippen LogP contribution in [0.4, 0.5) is 0 Å². The molecule has 0 aliphatic rings. The van der Waals surface area contributed by atoms with E-state index in [-0.39, 0.29) is 0 Å². The maximum Gasteiger partial charge on any atom is 0.345 e. The van der Waals surface area contributed by atoms with Gasteiger partial charge in [0.15, 0.2) is 0 Å². The van der Waals surface area contributed by atoms with E-state index in [1.54, 1.807) is 16.0 Å². The van der Waals surface area contributed by atoms with E-state index in [0.717, 1.165) is 18.8 Å². The third-order valence-corrected chi connectivity index (χ3v) is 4.66. The Labute approximate surface area is 155 Å². The van der Waals surface area contributed by atoms with Crippen molar-refractivity contribution in [1.29, 1.82) is 0 Å². The topological polar surface area (TPSA) is 64.9 Å². The molecule has 0 fully saturated rings. The summed E-state index contributed by atoms with van der Waals surface area (Å²) >= 11 is 1.76. The lowest BCUT2D eigenvalue weighted by atomic mass is 10.2. The number of para-hydroxylation sites is 1. The number of benzene rings is 2. The third kappa shape index (κ3) is 3.96. The first-order valence-electron chi connectivity index (χ1n) is 8.22. The molecule has 2 aromatic heterocycles. The van der Waals surface area contributed by atoms with E-state index in [9.17, 15) is 0 Å². The van der Waals surface area contributed by atoms with Gasteiger partial charge in [-0.3, -0.25) is 0 Å². The molecule has 0 aliphatic carbocycles. The van der Waals surface area contributed by atoms with E-state index in [0.29, 0.717) is 11.8 Å². The summed E-state index contributed by atoms with van der Waals surface area (Å²) in [6.07, 6.45) is 0. The average molecular weight is 363 g/mol. The molecule has 130 valence electrons. The fourth-order valence-corrected chi connectivity index (χ4v) is 3.17. The van der Waals surface area contributed by atoms with Crippen LogP contribution < -0.4 is 10.1 Å². The molecule has 0 saturated heterocycles. The highest BCUT2D eigenvalue weighted by atomic mass is 32.1. The van der Waals surface area contributed by atoms with E-state index in [4.69, 9.17) is 4.74 Å². The molecular formula is C19H17N5OS. The summed E-state index contributed by atoms with van der Waals surface area (Å²) in [5, 5.41) is 17.2. The molecule has 2 aromatic carbocycles. The predicted octanol–water partition coefficient (Wildman–Crippen LogP) is 3.81. The molecule has 0 aliphatic heterocycles. The van der Waals surface area contributed by atoms with Crippen LogP contribution >= 0.6 is 11.3 Å². The molecule has 4 rings (SSSR count). The van der Waals surface area contributed by atoms with Crippen molar-refractivity contribution >= 4 is 11.3 Å². The first kappa shape index (κ1) is 16.4. The van der Waals surface area contributed by atoms with Crippen molar-refractivity contribution in [2.75, 3.05) is 0 Å². The molecule has 6 nitrogen and oxygen atoms in total. The van der Waals surface area contributed by atoms with Gasteiger partial charge in [-0.15, -0.1) is 11.3 Å². The molecule has 0 bridgehead atoms. The third-order valence-electron chi connectivity index (χ3n) is 3.78. The monoisotopic (exact) mass is 363 g/mol. The van der Waals surface area contributed by atoms with Crippen molar-refractivity contribution in [2.45, 2.75) is 13.1 Å². The zero-order chi connectivity index (χ0) is 17.6. The quantitative estimate of drug-likeness (QED) is 0.541. The summed E-state index contributed by atoms with van der Waals surface area (Å²) in [5.74, 6) is 0.694. The zero-order valence-electron chi connectivity index (χ0n) is 13.9. The van der Waals surface area contributed by atoms with E-state index >= 15 is 0 Å². The Bertz CT molecular complexity index is 936. The molecule has 0 amide bonds. The van der Waals surface area contributed by atoms with Gasteiger partial charge in [0, 0.05) is 18.0 Å². The number of rotatable bonds is 7. The molecule has 7 heteroatoms. The van der Waals surface area contributed by atoms with Gasteiger partial charge < -0.3 is 10.1 Å². The summed E-state index contributed by atoms with van der Waals surface area (Å²) in [5.41, 5.74) is 2.04. The van der Waals surface area contributed by atoms with Gasteiger partial charge in [-0.1, -0.05) is 41.5 Å². The summed E-state index contributed by atoms with van der Waals surface area (Å²) in [7, 11) is 0. The van der Waals surface area contributed by atoms with E-state index in [2.05, 4.69) is 38.4 Å². The Morgan fingerprint density at radius 1 is 0.923 bits per heavy atom. The Kier molecular flexibility index (Phi) is 5.00. The van der Waals surface area contributed by atoms with E-state index in [1.165, 1.54) is 10.4 Å². The maximum absolute atomic E-state index is 5.83. The Hall–Kier alpha value is -3.03. The summed E-state index contributed by atoms with van der Waals surface area (Å²) < 4.78 is 7.40. The molecule has 1 N–H and O–H groups in total. The molecule has 2 heterocycles. The van der Waals surface area contributed by atoms with Crippen molar-refractivity contribution in [3.8, 4) is 17.4 Å². The molecule has 26 heavy (non-hydrogen) atoms. The van der Waals surface area contributed by atoms with Crippen molar-refractivity contribution in [3.63, 3.8) is 0 Å². The van der Waals surface area contributed by atoms with Crippen LogP contribution in [0.2, 0.25) is 0 Å². The van der Waals surface area contributed by atoms with Gasteiger partial charge in [0.05, 0.1) is 5.69 Å². The van der Waals surface area contributed by atoms with Crippen LogP contribution in [-0.4, -0.2) is 20.2 Å². The fourth-order valence-electron chi connectivity index (χ4n) is 2.50. The summed E-state index contributed by atoms with van der Waals surface area (Å²) in [6.45, 7) is 1.68. The van der Waals surface area contributed by atoms with Gasteiger partial charge in [0.25, 0.3) is 0 Å². The van der Waals surface area contributed by atoms with Crippen molar-refractivity contribution < 1.29 is 4.74 Å². The normalized spacial score (nSPS) is 10.8. The first-order valence-corrected chi connectivity index (χ1v) is 9.10. The van der Waals surface area contributed by atoms with Gasteiger partial charge in [-0.2, -0.15) is 4.68 Å². The highest BCUT2D eigenvalue weighted by Gasteiger charge is 2.10. The van der Waals surface area contributed by atoms with Crippen LogP contribution in [-0.2, 0) is 13.1 Å². The van der Waals surface area contributed by atoms with E-state index < -0.39 is 0 Å². The second-order valence-corrected chi connectivity index (χ2v) is 6.67. The highest BCUT2D eigenvalue weighted by molar-refractivity contribution is 7.09. The minimum atomic E-state index is 0.333. The van der Waals surface area contributed by atoms with Crippen molar-refractivity contribution in [2.24, 2.45) is 0 Å². The van der Waals surface area contributed by atoms with Gasteiger partial charge in [0.1, 0.15) is 5.75 Å². The molecule has 0 saturated carbocycles. The number of nitrogens with zero attached hydrogens (tertiary/aromatic N) is 4. The minimum Gasteiger partial charge on any atom is -0.423 e. The lowest BCUT2D eigenvalue weighted by molar-refractivity contribution is 0.427. The highest BCUT2D eigenvalue weighted by Crippen LogP contribution is 2.21. The second-order valence-electron chi connectivity index (χ2n) is 5.64. The van der Waals surface area contributed by atoms with Crippen molar-refractivity contribution in [1.82, 2.24) is 25.5 Å². The van der Waals surface area contributed by atoms with E-state index in [1.807, 2.05) is 54.6 Å². The zero-order valence-corrected chi connectivity index (χ0v) is 14.8. The fraction of sp³-hybridized carbons (Fsp3) is 0.105. The number of ether oxygens (including phenoxy) is 1. The van der Waals surface area contributed by atoms with Gasteiger partial charge in [0.2, 0.25) is 0 Å². The number of hydrogen-bond donors (Lipinski definition) is 1. The molecular weight excluding hydrogens is 346 g/mol. The maximum atomic E-state index is 5.83. The van der Waals surface area contributed by atoms with Crippen LogP contribution in [0.1, 0.15) is 10.4 Å².